The molecule has 0 aliphatic rings. The number of carbonyl (C=O) groups excluding carboxylic acids is 1. The molecule has 7 heteroatoms. The summed E-state index contributed by atoms with van der Waals surface area (Å²) in [5.41, 5.74) is 1.98. The zero-order valence-corrected chi connectivity index (χ0v) is 14.7. The fourth-order valence-electron chi connectivity index (χ4n) is 2.11. The van der Waals surface area contributed by atoms with Crippen LogP contribution in [0.3, 0.4) is 0 Å². The van der Waals surface area contributed by atoms with Crippen LogP contribution in [0.25, 0.3) is 0 Å². The van der Waals surface area contributed by atoms with Gasteiger partial charge in [0.15, 0.2) is 5.75 Å². The van der Waals surface area contributed by atoms with Crippen LogP contribution in [0.1, 0.15) is 18.1 Å². The van der Waals surface area contributed by atoms with Gasteiger partial charge in [-0.2, -0.15) is 8.42 Å². The van der Waals surface area contributed by atoms with E-state index in [1.54, 1.807) is 31.2 Å². The highest BCUT2D eigenvalue weighted by Crippen LogP contribution is 2.32. The van der Waals surface area contributed by atoms with E-state index >= 15 is 0 Å². The predicted molar refractivity (Wildman–Crippen MR) is 91.0 cm³/mol. The zero-order chi connectivity index (χ0) is 17.9. The minimum atomic E-state index is -4.13. The minimum Gasteiger partial charge on any atom is -0.495 e. The van der Waals surface area contributed by atoms with Crippen molar-refractivity contribution in [3.63, 3.8) is 0 Å². The van der Waals surface area contributed by atoms with Crippen LogP contribution in [0.5, 0.6) is 11.5 Å². The van der Waals surface area contributed by atoms with E-state index in [0.29, 0.717) is 0 Å². The second-order valence-electron chi connectivity index (χ2n) is 5.30. The molecule has 1 N–H and O–H groups in total. The largest absolute Gasteiger partial charge is 0.495 e. The fraction of sp³-hybridized carbons (Fsp3) is 0.235. The summed E-state index contributed by atoms with van der Waals surface area (Å²) in [7, 11) is -2.73. The molecule has 0 heterocycles. The SMILES string of the molecule is COc1cc(C)c(C)cc1S(=O)(=O)Oc1ccccc1NC(C)=O. The molecule has 6 nitrogen and oxygen atoms in total. The molecular formula is C17H19NO5S. The second kappa shape index (κ2) is 6.92. The number of aryl methyl sites for hydroxylation is 2. The molecule has 0 spiro atoms. The number of amides is 1. The molecule has 0 radical (unpaired) electrons. The molecule has 128 valence electrons. The maximum Gasteiger partial charge on any atom is 0.343 e. The Hall–Kier alpha value is -2.54. The van der Waals surface area contributed by atoms with Crippen molar-refractivity contribution in [3.8, 4) is 11.5 Å². The number of benzene rings is 2. The summed E-state index contributed by atoms with van der Waals surface area (Å²) in [4.78, 5) is 11.2. The highest BCUT2D eigenvalue weighted by molar-refractivity contribution is 7.87. The van der Waals surface area contributed by atoms with E-state index in [-0.39, 0.29) is 28.0 Å². The van der Waals surface area contributed by atoms with Crippen molar-refractivity contribution in [2.45, 2.75) is 25.7 Å². The minimum absolute atomic E-state index is 0.0352. The Labute approximate surface area is 141 Å². The van der Waals surface area contributed by atoms with Crippen LogP contribution in [0, 0.1) is 13.8 Å². The first kappa shape index (κ1) is 17.8. The summed E-state index contributed by atoms with van der Waals surface area (Å²) >= 11 is 0. The van der Waals surface area contributed by atoms with Gasteiger partial charge in [0, 0.05) is 6.92 Å². The molecule has 2 aromatic carbocycles. The molecule has 24 heavy (non-hydrogen) atoms. The molecule has 0 fully saturated rings. The average Bonchev–Trinajstić information content (AvgIpc) is 2.50. The lowest BCUT2D eigenvalue weighted by Gasteiger charge is -2.15. The number of rotatable bonds is 5. The highest BCUT2D eigenvalue weighted by atomic mass is 32.2. The Balaban J connectivity index is 2.47. The topological polar surface area (TPSA) is 81.7 Å². The van der Waals surface area contributed by atoms with Crippen LogP contribution < -0.4 is 14.2 Å². The van der Waals surface area contributed by atoms with E-state index in [4.69, 9.17) is 8.92 Å². The van der Waals surface area contributed by atoms with Crippen molar-refractivity contribution in [2.24, 2.45) is 0 Å². The zero-order valence-electron chi connectivity index (χ0n) is 13.9. The van der Waals surface area contributed by atoms with E-state index in [0.717, 1.165) is 11.1 Å². The van der Waals surface area contributed by atoms with Crippen molar-refractivity contribution in [3.05, 3.63) is 47.5 Å². The van der Waals surface area contributed by atoms with Crippen molar-refractivity contribution in [1.82, 2.24) is 0 Å². The van der Waals surface area contributed by atoms with E-state index in [1.807, 2.05) is 6.92 Å². The average molecular weight is 349 g/mol. The Bertz CT molecular complexity index is 875. The smallest absolute Gasteiger partial charge is 0.343 e. The van der Waals surface area contributed by atoms with Crippen LogP contribution in [0.15, 0.2) is 41.3 Å². The van der Waals surface area contributed by atoms with E-state index in [1.165, 1.54) is 26.2 Å². The molecular weight excluding hydrogens is 330 g/mol. The van der Waals surface area contributed by atoms with Crippen LogP contribution >= 0.6 is 0 Å². The lowest BCUT2D eigenvalue weighted by molar-refractivity contribution is -0.114. The Morgan fingerprint density at radius 2 is 1.67 bits per heavy atom. The molecule has 2 rings (SSSR count). The third-order valence-corrected chi connectivity index (χ3v) is 4.70. The molecule has 0 aliphatic heterocycles. The van der Waals surface area contributed by atoms with Crippen molar-refractivity contribution in [1.29, 1.82) is 0 Å². The first-order valence-electron chi connectivity index (χ1n) is 7.21. The summed E-state index contributed by atoms with van der Waals surface area (Å²) in [6, 6.07) is 9.46. The monoisotopic (exact) mass is 349 g/mol. The predicted octanol–water partition coefficient (Wildman–Crippen LogP) is 3.04. The Morgan fingerprint density at radius 3 is 2.29 bits per heavy atom. The molecule has 0 aromatic heterocycles. The van der Waals surface area contributed by atoms with Gasteiger partial charge in [0.25, 0.3) is 0 Å². The van der Waals surface area contributed by atoms with Crippen LogP contribution in [0.2, 0.25) is 0 Å². The van der Waals surface area contributed by atoms with Crippen LogP contribution in [-0.2, 0) is 14.9 Å². The van der Waals surface area contributed by atoms with Gasteiger partial charge in [-0.3, -0.25) is 4.79 Å². The van der Waals surface area contributed by atoms with Gasteiger partial charge in [-0.15, -0.1) is 0 Å². The third kappa shape index (κ3) is 3.86. The van der Waals surface area contributed by atoms with Gasteiger partial charge in [-0.25, -0.2) is 0 Å². The highest BCUT2D eigenvalue weighted by Gasteiger charge is 2.24. The summed E-state index contributed by atoms with van der Waals surface area (Å²) < 4.78 is 35.7. The molecule has 0 aliphatic carbocycles. The van der Waals surface area contributed by atoms with Crippen molar-refractivity contribution >= 4 is 21.7 Å². The first-order valence-corrected chi connectivity index (χ1v) is 8.62. The standard InChI is InChI=1S/C17H19NO5S/c1-11-9-16(22-4)17(10-12(11)2)24(20,21)23-15-8-6-5-7-14(15)18-13(3)19/h5-10H,1-4H3,(H,18,19). The molecule has 0 atom stereocenters. The number of hydrogen-bond acceptors (Lipinski definition) is 5. The number of methoxy groups -OCH3 is 1. The van der Waals surface area contributed by atoms with Crippen molar-refractivity contribution < 1.29 is 22.1 Å². The number of carbonyl (C=O) groups is 1. The number of para-hydroxylation sites is 2. The maximum atomic E-state index is 12.7. The summed E-state index contributed by atoms with van der Waals surface area (Å²) in [5, 5.41) is 2.54. The normalized spacial score (nSPS) is 11.0. The second-order valence-corrected chi connectivity index (χ2v) is 6.82. The number of anilines is 1. The fourth-order valence-corrected chi connectivity index (χ4v) is 3.29. The van der Waals surface area contributed by atoms with Crippen molar-refractivity contribution in [2.75, 3.05) is 12.4 Å². The molecule has 0 saturated heterocycles. The lowest BCUT2D eigenvalue weighted by Crippen LogP contribution is -2.14. The van der Waals surface area contributed by atoms with Gasteiger partial charge in [0.05, 0.1) is 12.8 Å². The maximum absolute atomic E-state index is 12.7. The van der Waals surface area contributed by atoms with E-state index in [2.05, 4.69) is 5.32 Å². The van der Waals surface area contributed by atoms with E-state index < -0.39 is 10.1 Å². The summed E-state index contributed by atoms with van der Waals surface area (Å²) in [6.07, 6.45) is 0. The van der Waals surface area contributed by atoms with Gasteiger partial charge < -0.3 is 14.2 Å². The Kier molecular flexibility index (Phi) is 5.14. The number of ether oxygens (including phenoxy) is 1. The van der Waals surface area contributed by atoms with Gasteiger partial charge in [-0.1, -0.05) is 12.1 Å². The van der Waals surface area contributed by atoms with Gasteiger partial charge in [-0.05, 0) is 49.2 Å². The summed E-state index contributed by atoms with van der Waals surface area (Å²) in [5.74, 6) is -0.0877. The molecule has 1 amide bonds. The number of nitrogens with one attached hydrogen (secondary N) is 1. The number of hydrogen-bond donors (Lipinski definition) is 1. The molecule has 0 bridgehead atoms. The molecule has 2 aromatic rings. The summed E-state index contributed by atoms with van der Waals surface area (Å²) in [6.45, 7) is 5.00. The quantitative estimate of drug-likeness (QED) is 0.839. The third-order valence-electron chi connectivity index (χ3n) is 3.45. The first-order chi connectivity index (χ1) is 11.2. The van der Waals surface area contributed by atoms with Gasteiger partial charge in [0.1, 0.15) is 10.6 Å². The van der Waals surface area contributed by atoms with Gasteiger partial charge in [0.2, 0.25) is 5.91 Å². The van der Waals surface area contributed by atoms with Crippen LogP contribution in [0.4, 0.5) is 5.69 Å². The van der Waals surface area contributed by atoms with Gasteiger partial charge >= 0.3 is 10.1 Å². The molecule has 0 saturated carbocycles. The Morgan fingerprint density at radius 1 is 1.04 bits per heavy atom. The van der Waals surface area contributed by atoms with Crippen LogP contribution in [-0.4, -0.2) is 21.4 Å². The lowest BCUT2D eigenvalue weighted by atomic mass is 10.1. The van der Waals surface area contributed by atoms with E-state index in [9.17, 15) is 13.2 Å². The molecule has 0 unspecified atom stereocenters.